The highest BCUT2D eigenvalue weighted by Gasteiger charge is 2.35. The molecule has 4 amide bonds. The predicted molar refractivity (Wildman–Crippen MR) is 115 cm³/mol. The highest BCUT2D eigenvalue weighted by molar-refractivity contribution is 6.00. The van der Waals surface area contributed by atoms with Crippen molar-refractivity contribution in [2.24, 2.45) is 0 Å². The highest BCUT2D eigenvalue weighted by atomic mass is 16.5. The molecule has 1 fully saturated rings. The van der Waals surface area contributed by atoms with Crippen molar-refractivity contribution in [3.05, 3.63) is 29.3 Å². The third kappa shape index (κ3) is 6.59. The van der Waals surface area contributed by atoms with E-state index in [0.717, 1.165) is 11.1 Å². The van der Waals surface area contributed by atoms with Gasteiger partial charge in [0.05, 0.1) is 25.9 Å². The first kappa shape index (κ1) is 23.8. The number of nitrogens with one attached hydrogen (secondary N) is 3. The maximum atomic E-state index is 12.3. The lowest BCUT2D eigenvalue weighted by molar-refractivity contribution is -0.137. The molecule has 32 heavy (non-hydrogen) atoms. The van der Waals surface area contributed by atoms with Crippen LogP contribution in [0.15, 0.2) is 18.2 Å². The van der Waals surface area contributed by atoms with Crippen LogP contribution in [0, 0.1) is 0 Å². The van der Waals surface area contributed by atoms with Crippen LogP contribution in [-0.4, -0.2) is 67.5 Å². The Morgan fingerprint density at radius 2 is 1.94 bits per heavy atom. The number of imide groups is 1. The number of carbonyl (C=O) groups is 4. The largest absolute Gasteiger partial charge is 0.377 e. The first-order chi connectivity index (χ1) is 15.5. The third-order valence-corrected chi connectivity index (χ3v) is 5.43. The number of carbonyl (C=O) groups excluding carboxylic acids is 4. The van der Waals surface area contributed by atoms with Gasteiger partial charge in [-0.15, -0.1) is 0 Å². The second kappa shape index (κ2) is 11.7. The molecule has 0 bridgehead atoms. The van der Waals surface area contributed by atoms with Gasteiger partial charge in [0.2, 0.25) is 23.6 Å². The molecule has 10 heteroatoms. The van der Waals surface area contributed by atoms with Gasteiger partial charge >= 0.3 is 0 Å². The molecule has 3 N–H and O–H groups in total. The minimum Gasteiger partial charge on any atom is -0.377 e. The van der Waals surface area contributed by atoms with Crippen molar-refractivity contribution in [1.82, 2.24) is 15.5 Å². The fourth-order valence-electron chi connectivity index (χ4n) is 3.77. The van der Waals surface area contributed by atoms with Crippen LogP contribution >= 0.6 is 0 Å². The molecular formula is C22H30N4O6. The Bertz CT molecular complexity index is 859. The molecule has 2 aliphatic heterocycles. The Labute approximate surface area is 187 Å². The van der Waals surface area contributed by atoms with E-state index in [1.807, 2.05) is 23.1 Å². The summed E-state index contributed by atoms with van der Waals surface area (Å²) in [6, 6.07) is 5.34. The summed E-state index contributed by atoms with van der Waals surface area (Å²) < 4.78 is 10.7. The molecule has 2 aliphatic rings. The highest BCUT2D eigenvalue weighted by Crippen LogP contribution is 2.32. The van der Waals surface area contributed by atoms with Gasteiger partial charge in [-0.1, -0.05) is 19.1 Å². The van der Waals surface area contributed by atoms with E-state index in [-0.39, 0.29) is 42.9 Å². The number of piperidine rings is 1. The molecule has 1 aromatic carbocycles. The number of ether oxygens (including phenoxy) is 2. The van der Waals surface area contributed by atoms with Crippen molar-refractivity contribution in [2.45, 2.75) is 45.3 Å². The van der Waals surface area contributed by atoms with Crippen LogP contribution in [0.25, 0.3) is 0 Å². The number of benzene rings is 1. The van der Waals surface area contributed by atoms with E-state index in [2.05, 4.69) is 16.0 Å². The second-order valence-electron chi connectivity index (χ2n) is 7.73. The Hall–Kier alpha value is -2.82. The van der Waals surface area contributed by atoms with Crippen LogP contribution in [0.2, 0.25) is 0 Å². The van der Waals surface area contributed by atoms with E-state index in [1.165, 1.54) is 0 Å². The van der Waals surface area contributed by atoms with Gasteiger partial charge in [0, 0.05) is 38.2 Å². The van der Waals surface area contributed by atoms with Gasteiger partial charge in [0.15, 0.2) is 0 Å². The Morgan fingerprint density at radius 3 is 2.72 bits per heavy atom. The van der Waals surface area contributed by atoms with Gasteiger partial charge < -0.3 is 20.1 Å². The van der Waals surface area contributed by atoms with Gasteiger partial charge in [0.1, 0.15) is 6.61 Å². The average Bonchev–Trinajstić information content (AvgIpc) is 3.20. The molecule has 0 aliphatic carbocycles. The minimum atomic E-state index is -0.345. The summed E-state index contributed by atoms with van der Waals surface area (Å²) in [6.07, 6.45) is 1.28. The van der Waals surface area contributed by atoms with Gasteiger partial charge in [-0.25, -0.2) is 0 Å². The third-order valence-electron chi connectivity index (χ3n) is 5.43. The van der Waals surface area contributed by atoms with Gasteiger partial charge in [-0.05, 0) is 23.6 Å². The zero-order chi connectivity index (χ0) is 22.9. The lowest BCUT2D eigenvalue weighted by atomic mass is 10.0. The van der Waals surface area contributed by atoms with Crippen LogP contribution in [0.5, 0.6) is 0 Å². The molecule has 0 aromatic heterocycles. The number of hydrogen-bond acceptors (Lipinski definition) is 7. The Kier molecular flexibility index (Phi) is 8.72. The average molecular weight is 447 g/mol. The van der Waals surface area contributed by atoms with Gasteiger partial charge in [0.25, 0.3) is 0 Å². The molecular weight excluding hydrogens is 416 g/mol. The summed E-state index contributed by atoms with van der Waals surface area (Å²) in [4.78, 5) is 49.0. The standard InChI is InChI=1S/C22H30N4O6/c1-2-19(27)23-8-9-31-10-11-32-14-21(29)24-17-5-3-4-15-12-26(13-16(15)17)18-6-7-20(28)25-22(18)30/h3-5,18H,2,6-14H2,1H3,(H,23,27)(H,24,29)(H,25,28,30). The molecule has 1 atom stereocenters. The van der Waals surface area contributed by atoms with E-state index < -0.39 is 0 Å². The molecule has 1 aromatic rings. The van der Waals surface area contributed by atoms with Crippen LogP contribution in [0.4, 0.5) is 5.69 Å². The van der Waals surface area contributed by atoms with Crippen molar-refractivity contribution in [2.75, 3.05) is 38.3 Å². The zero-order valence-electron chi connectivity index (χ0n) is 18.3. The molecule has 1 unspecified atom stereocenters. The first-order valence-corrected chi connectivity index (χ1v) is 10.9. The van der Waals surface area contributed by atoms with Gasteiger partial charge in [-0.3, -0.25) is 29.4 Å². The number of amides is 4. The maximum Gasteiger partial charge on any atom is 0.250 e. The lowest BCUT2D eigenvalue weighted by Crippen LogP contribution is -2.50. The van der Waals surface area contributed by atoms with Crippen LogP contribution in [0.3, 0.4) is 0 Å². The fraction of sp³-hybridized carbons (Fsp3) is 0.545. The van der Waals surface area contributed by atoms with Gasteiger partial charge in [-0.2, -0.15) is 0 Å². The molecule has 0 spiro atoms. The molecule has 0 saturated carbocycles. The van der Waals surface area contributed by atoms with E-state index in [4.69, 9.17) is 9.47 Å². The maximum absolute atomic E-state index is 12.3. The number of anilines is 1. The molecule has 3 rings (SSSR count). The minimum absolute atomic E-state index is 0.0193. The number of hydrogen-bond donors (Lipinski definition) is 3. The van der Waals surface area contributed by atoms with E-state index >= 15 is 0 Å². The first-order valence-electron chi connectivity index (χ1n) is 10.9. The van der Waals surface area contributed by atoms with Crippen molar-refractivity contribution in [3.8, 4) is 0 Å². The summed E-state index contributed by atoms with van der Waals surface area (Å²) in [6.45, 7) is 4.24. The Balaban J connectivity index is 1.39. The summed E-state index contributed by atoms with van der Waals surface area (Å²) in [5.41, 5.74) is 2.73. The number of fused-ring (bicyclic) bond motifs is 1. The lowest BCUT2D eigenvalue weighted by Gasteiger charge is -2.29. The van der Waals surface area contributed by atoms with Crippen molar-refractivity contribution >= 4 is 29.3 Å². The summed E-state index contributed by atoms with van der Waals surface area (Å²) >= 11 is 0. The van der Waals surface area contributed by atoms with Crippen LogP contribution in [0.1, 0.15) is 37.3 Å². The van der Waals surface area contributed by atoms with Crippen molar-refractivity contribution in [3.63, 3.8) is 0 Å². The normalized spacial score (nSPS) is 18.2. The fourth-order valence-corrected chi connectivity index (χ4v) is 3.77. The van der Waals surface area contributed by atoms with E-state index in [1.54, 1.807) is 6.92 Å². The molecule has 2 heterocycles. The molecule has 174 valence electrons. The number of rotatable bonds is 11. The zero-order valence-corrected chi connectivity index (χ0v) is 18.3. The van der Waals surface area contributed by atoms with Crippen molar-refractivity contribution < 1.29 is 28.7 Å². The molecule has 0 radical (unpaired) electrons. The van der Waals surface area contributed by atoms with E-state index in [9.17, 15) is 19.2 Å². The predicted octanol–water partition coefficient (Wildman–Crippen LogP) is 0.305. The second-order valence-corrected chi connectivity index (χ2v) is 7.73. The summed E-state index contributed by atoms with van der Waals surface area (Å²) in [7, 11) is 0. The van der Waals surface area contributed by atoms with E-state index in [0.29, 0.717) is 57.8 Å². The monoisotopic (exact) mass is 446 g/mol. The van der Waals surface area contributed by atoms with Crippen LogP contribution < -0.4 is 16.0 Å². The summed E-state index contributed by atoms with van der Waals surface area (Å²) in [5.74, 6) is -0.783. The number of nitrogens with zero attached hydrogens (tertiary/aromatic N) is 1. The smallest absolute Gasteiger partial charge is 0.250 e. The van der Waals surface area contributed by atoms with Crippen molar-refractivity contribution in [1.29, 1.82) is 0 Å². The van der Waals surface area contributed by atoms with Crippen LogP contribution in [-0.2, 0) is 41.7 Å². The molecule has 1 saturated heterocycles. The Morgan fingerprint density at radius 1 is 1.12 bits per heavy atom. The molecule has 10 nitrogen and oxygen atoms in total. The SMILES string of the molecule is CCC(=O)NCCOCCOCC(=O)Nc1cccc2c1CN(C1CCC(=O)NC1=O)C2. The quantitative estimate of drug-likeness (QED) is 0.330. The summed E-state index contributed by atoms with van der Waals surface area (Å²) in [5, 5.41) is 7.99. The topological polar surface area (TPSA) is 126 Å².